The van der Waals surface area contributed by atoms with Gasteiger partial charge in [-0.3, -0.25) is 4.79 Å². The van der Waals surface area contributed by atoms with Crippen LogP contribution < -0.4 is 20.1 Å². The number of aldehydes is 1. The van der Waals surface area contributed by atoms with Crippen molar-refractivity contribution >= 4 is 28.7 Å². The number of methoxy groups -OCH3 is 1. The summed E-state index contributed by atoms with van der Waals surface area (Å²) >= 11 is 0. The van der Waals surface area contributed by atoms with Crippen molar-refractivity contribution in [1.29, 1.82) is 0 Å². The third kappa shape index (κ3) is 6.84. The number of hydrogen-bond donors (Lipinski definition) is 2. The summed E-state index contributed by atoms with van der Waals surface area (Å²) in [5.41, 5.74) is 1.93. The molecule has 0 unspecified atom stereocenters. The van der Waals surface area contributed by atoms with Crippen molar-refractivity contribution in [1.82, 2.24) is 5.32 Å². The summed E-state index contributed by atoms with van der Waals surface area (Å²) in [7, 11) is 3.51. The Morgan fingerprint density at radius 2 is 1.59 bits per heavy atom. The van der Waals surface area contributed by atoms with Crippen molar-refractivity contribution < 1.29 is 19.1 Å². The van der Waals surface area contributed by atoms with Gasteiger partial charge in [-0.2, -0.15) is 0 Å². The van der Waals surface area contributed by atoms with Gasteiger partial charge in [0.1, 0.15) is 23.5 Å². The first-order chi connectivity index (χ1) is 16.6. The monoisotopic (exact) mass is 456 g/mol. The van der Waals surface area contributed by atoms with Crippen LogP contribution in [0.2, 0.25) is 0 Å². The topological polar surface area (TPSA) is 76.7 Å². The molecule has 4 aromatic carbocycles. The van der Waals surface area contributed by atoms with Gasteiger partial charge in [0, 0.05) is 13.1 Å². The summed E-state index contributed by atoms with van der Waals surface area (Å²) in [4.78, 5) is 21.7. The number of ether oxygens (including phenoxy) is 2. The number of hydrogen-bond acceptors (Lipinski definition) is 5. The Morgan fingerprint density at radius 1 is 0.882 bits per heavy atom. The zero-order valence-corrected chi connectivity index (χ0v) is 19.3. The second-order valence-electron chi connectivity index (χ2n) is 7.31. The second-order valence-corrected chi connectivity index (χ2v) is 7.31. The quantitative estimate of drug-likeness (QED) is 0.355. The SMILES string of the molecule is CNc1ccccc1Oc1cccc(OC)c1.O=CCNC(=O)Cc1cccc2ccccc12. The molecule has 1 amide bonds. The summed E-state index contributed by atoms with van der Waals surface area (Å²) in [6.07, 6.45) is 0.982. The van der Waals surface area contributed by atoms with E-state index in [4.69, 9.17) is 9.47 Å². The number of nitrogens with one attached hydrogen (secondary N) is 2. The first kappa shape index (κ1) is 24.3. The van der Waals surface area contributed by atoms with Gasteiger partial charge in [-0.25, -0.2) is 0 Å². The number of amides is 1. The summed E-state index contributed by atoms with van der Waals surface area (Å²) in [5.74, 6) is 2.20. The third-order valence-corrected chi connectivity index (χ3v) is 5.04. The van der Waals surface area contributed by atoms with E-state index in [1.807, 2.05) is 98.0 Å². The highest BCUT2D eigenvalue weighted by Crippen LogP contribution is 2.30. The molecule has 0 saturated heterocycles. The molecule has 0 atom stereocenters. The van der Waals surface area contributed by atoms with Gasteiger partial charge >= 0.3 is 0 Å². The Morgan fingerprint density at radius 3 is 2.38 bits per heavy atom. The molecule has 0 aromatic heterocycles. The average Bonchev–Trinajstić information content (AvgIpc) is 2.88. The molecule has 0 saturated carbocycles. The molecule has 0 fully saturated rings. The second kappa shape index (κ2) is 12.6. The van der Waals surface area contributed by atoms with Crippen LogP contribution in [0.5, 0.6) is 17.2 Å². The van der Waals surface area contributed by atoms with Crippen molar-refractivity contribution in [2.24, 2.45) is 0 Å². The maximum absolute atomic E-state index is 11.5. The van der Waals surface area contributed by atoms with Crippen LogP contribution in [0.25, 0.3) is 10.8 Å². The molecule has 4 rings (SSSR count). The molecule has 174 valence electrons. The summed E-state index contributed by atoms with van der Waals surface area (Å²) in [6, 6.07) is 29.2. The summed E-state index contributed by atoms with van der Waals surface area (Å²) in [6.45, 7) is 0.0730. The molecule has 4 aromatic rings. The molecule has 2 N–H and O–H groups in total. The highest BCUT2D eigenvalue weighted by molar-refractivity contribution is 5.90. The number of rotatable bonds is 8. The van der Waals surface area contributed by atoms with Crippen LogP contribution in [0.15, 0.2) is 91.0 Å². The number of fused-ring (bicyclic) bond motifs is 1. The van der Waals surface area contributed by atoms with E-state index in [-0.39, 0.29) is 12.5 Å². The third-order valence-electron chi connectivity index (χ3n) is 5.04. The molecule has 0 aliphatic heterocycles. The fourth-order valence-corrected chi connectivity index (χ4v) is 3.39. The zero-order chi connectivity index (χ0) is 24.2. The minimum atomic E-state index is -0.131. The predicted molar refractivity (Wildman–Crippen MR) is 136 cm³/mol. The molecule has 0 radical (unpaired) electrons. The van der Waals surface area contributed by atoms with Crippen LogP contribution in [0.3, 0.4) is 0 Å². The fraction of sp³-hybridized carbons (Fsp3) is 0.143. The Hall–Kier alpha value is -4.32. The van der Waals surface area contributed by atoms with E-state index in [2.05, 4.69) is 10.6 Å². The highest BCUT2D eigenvalue weighted by atomic mass is 16.5. The lowest BCUT2D eigenvalue weighted by Crippen LogP contribution is -2.26. The maximum atomic E-state index is 11.5. The minimum absolute atomic E-state index is 0.0730. The molecule has 6 nitrogen and oxygen atoms in total. The van der Waals surface area contributed by atoms with E-state index in [9.17, 15) is 9.59 Å². The molecular weight excluding hydrogens is 428 g/mol. The Balaban J connectivity index is 0.000000191. The molecule has 6 heteroatoms. The van der Waals surface area contributed by atoms with Crippen LogP contribution in [-0.4, -0.2) is 32.9 Å². The zero-order valence-electron chi connectivity index (χ0n) is 19.3. The minimum Gasteiger partial charge on any atom is -0.497 e. The van der Waals surface area contributed by atoms with E-state index in [0.29, 0.717) is 12.7 Å². The highest BCUT2D eigenvalue weighted by Gasteiger charge is 2.06. The predicted octanol–water partition coefficient (Wildman–Crippen LogP) is 5.23. The summed E-state index contributed by atoms with van der Waals surface area (Å²) in [5, 5.41) is 7.83. The number of benzene rings is 4. The van der Waals surface area contributed by atoms with Crippen LogP contribution in [0, 0.1) is 0 Å². The van der Waals surface area contributed by atoms with Gasteiger partial charge in [-0.05, 0) is 40.6 Å². The lowest BCUT2D eigenvalue weighted by atomic mass is 10.0. The van der Waals surface area contributed by atoms with Gasteiger partial charge in [0.15, 0.2) is 0 Å². The molecule has 34 heavy (non-hydrogen) atoms. The van der Waals surface area contributed by atoms with E-state index in [0.717, 1.165) is 39.3 Å². The number of carbonyl (C=O) groups is 2. The van der Waals surface area contributed by atoms with Crippen LogP contribution >= 0.6 is 0 Å². The van der Waals surface area contributed by atoms with Crippen molar-refractivity contribution in [2.45, 2.75) is 6.42 Å². The number of carbonyl (C=O) groups excluding carboxylic acids is 2. The van der Waals surface area contributed by atoms with Gasteiger partial charge in [-0.15, -0.1) is 0 Å². The largest absolute Gasteiger partial charge is 0.497 e. The fourth-order valence-electron chi connectivity index (χ4n) is 3.39. The van der Waals surface area contributed by atoms with Gasteiger partial charge in [0.05, 0.1) is 25.8 Å². The summed E-state index contributed by atoms with van der Waals surface area (Å²) < 4.78 is 11.0. The lowest BCUT2D eigenvalue weighted by Gasteiger charge is -2.11. The molecule has 0 aliphatic rings. The van der Waals surface area contributed by atoms with Crippen LogP contribution in [0.4, 0.5) is 5.69 Å². The van der Waals surface area contributed by atoms with Gasteiger partial charge in [-0.1, -0.05) is 60.7 Å². The van der Waals surface area contributed by atoms with Crippen molar-refractivity contribution in [3.05, 3.63) is 96.6 Å². The average molecular weight is 457 g/mol. The number of para-hydroxylation sites is 2. The van der Waals surface area contributed by atoms with Gasteiger partial charge in [0.2, 0.25) is 5.91 Å². The Bertz CT molecular complexity index is 1230. The molecular formula is C28H28N2O4. The molecule has 0 spiro atoms. The molecule has 0 aliphatic carbocycles. The molecule has 0 heterocycles. The Labute approximate surface area is 199 Å². The van der Waals surface area contributed by atoms with Crippen LogP contribution in [-0.2, 0) is 16.0 Å². The first-order valence-electron chi connectivity index (χ1n) is 10.9. The first-order valence-corrected chi connectivity index (χ1v) is 10.9. The standard InChI is InChI=1S/C14H15NO2.C14H13NO2/c1-15-13-8-3-4-9-14(13)17-12-7-5-6-11(10-12)16-2;16-9-8-15-14(17)10-12-6-3-5-11-4-1-2-7-13(11)12/h3-10,15H,1-2H3;1-7,9H,8,10H2,(H,15,17). The van der Waals surface area contributed by atoms with E-state index in [1.54, 1.807) is 7.11 Å². The maximum Gasteiger partial charge on any atom is 0.224 e. The number of anilines is 1. The van der Waals surface area contributed by atoms with Crippen molar-refractivity contribution in [3.8, 4) is 17.2 Å². The molecule has 0 bridgehead atoms. The van der Waals surface area contributed by atoms with Gasteiger partial charge < -0.3 is 24.9 Å². The normalized spacial score (nSPS) is 9.94. The van der Waals surface area contributed by atoms with Crippen molar-refractivity contribution in [3.63, 3.8) is 0 Å². The van der Waals surface area contributed by atoms with E-state index >= 15 is 0 Å². The van der Waals surface area contributed by atoms with Crippen molar-refractivity contribution in [2.75, 3.05) is 26.0 Å². The lowest BCUT2D eigenvalue weighted by molar-refractivity contribution is -0.121. The van der Waals surface area contributed by atoms with Gasteiger partial charge in [0.25, 0.3) is 0 Å². The smallest absolute Gasteiger partial charge is 0.224 e. The van der Waals surface area contributed by atoms with E-state index < -0.39 is 0 Å². The Kier molecular flexibility index (Phi) is 9.05. The van der Waals surface area contributed by atoms with Crippen LogP contribution in [0.1, 0.15) is 5.56 Å². The van der Waals surface area contributed by atoms with E-state index in [1.165, 1.54) is 0 Å².